The minimum Gasteiger partial charge on any atom is -0.352 e. The molecule has 0 saturated carbocycles. The van der Waals surface area contributed by atoms with E-state index in [0.29, 0.717) is 40.4 Å². The van der Waals surface area contributed by atoms with Crippen LogP contribution in [-0.2, 0) is 24.4 Å². The number of rotatable bonds is 8. The topological polar surface area (TPSA) is 74.5 Å². The molecule has 38 heavy (non-hydrogen) atoms. The molecule has 9 heteroatoms. The third kappa shape index (κ3) is 7.14. The molecule has 0 bridgehead atoms. The normalized spacial score (nSPS) is 18.1. The number of nitrogens with one attached hydrogen (secondary N) is 1. The molecule has 1 aromatic heterocycles. The van der Waals surface area contributed by atoms with Crippen molar-refractivity contribution >= 4 is 29.1 Å². The first-order valence-corrected chi connectivity index (χ1v) is 14.3. The number of carbonyl (C=O) groups excluding carboxylic acids is 1. The van der Waals surface area contributed by atoms with Gasteiger partial charge in [0.25, 0.3) is 0 Å². The first-order valence-electron chi connectivity index (χ1n) is 13.5. The van der Waals surface area contributed by atoms with E-state index in [1.807, 2.05) is 0 Å². The predicted octanol–water partition coefficient (Wildman–Crippen LogP) is 5.80. The minimum atomic E-state index is 0.0240. The molecule has 1 amide bonds. The molecule has 0 spiro atoms. The van der Waals surface area contributed by atoms with Gasteiger partial charge in [0, 0.05) is 29.6 Å². The second-order valence-corrected chi connectivity index (χ2v) is 11.5. The SMILES string of the molecule is CC1CCN(Cc2cccc(CNC(=O)C3CCN(Cc4nc(-c5ccc(Cl)cc5Cl)no4)CC3)c2)CC1. The molecule has 202 valence electrons. The maximum Gasteiger partial charge on any atom is 0.241 e. The Labute approximate surface area is 234 Å². The fraction of sp³-hybridized carbons (Fsp3) is 0.483. The highest BCUT2D eigenvalue weighted by Gasteiger charge is 2.26. The van der Waals surface area contributed by atoms with Gasteiger partial charge in [-0.2, -0.15) is 4.98 Å². The van der Waals surface area contributed by atoms with Crippen molar-refractivity contribution < 1.29 is 9.32 Å². The standard InChI is InChI=1S/C29H35Cl2N5O2/c1-20-7-11-35(12-8-20)18-22-4-2-3-21(15-22)17-32-29(37)23-9-13-36(14-10-23)19-27-33-28(34-38-27)25-6-5-24(30)16-26(25)31/h2-6,15-16,20,23H,7-14,17-19H2,1H3,(H,32,37). The summed E-state index contributed by atoms with van der Waals surface area (Å²) in [5.41, 5.74) is 3.17. The Kier molecular flexibility index (Phi) is 9.00. The number of amides is 1. The van der Waals surface area contributed by atoms with Gasteiger partial charge in [0.15, 0.2) is 0 Å². The Hall–Kier alpha value is -2.45. The Bertz CT molecular complexity index is 1230. The van der Waals surface area contributed by atoms with Crippen molar-refractivity contribution in [1.82, 2.24) is 25.3 Å². The van der Waals surface area contributed by atoms with E-state index >= 15 is 0 Å². The van der Waals surface area contributed by atoms with E-state index in [2.05, 4.69) is 56.4 Å². The van der Waals surface area contributed by atoms with Gasteiger partial charge >= 0.3 is 0 Å². The number of aromatic nitrogens is 2. The summed E-state index contributed by atoms with van der Waals surface area (Å²) in [7, 11) is 0. The molecular weight excluding hydrogens is 521 g/mol. The second-order valence-electron chi connectivity index (χ2n) is 10.7. The van der Waals surface area contributed by atoms with Crippen LogP contribution in [0, 0.1) is 11.8 Å². The molecule has 3 heterocycles. The molecule has 0 unspecified atom stereocenters. The van der Waals surface area contributed by atoms with Crippen LogP contribution in [0.5, 0.6) is 0 Å². The zero-order valence-corrected chi connectivity index (χ0v) is 23.3. The number of halogens is 2. The molecule has 2 saturated heterocycles. The minimum absolute atomic E-state index is 0.0240. The lowest BCUT2D eigenvalue weighted by molar-refractivity contribution is -0.126. The van der Waals surface area contributed by atoms with Crippen molar-refractivity contribution in [2.24, 2.45) is 11.8 Å². The fourth-order valence-corrected chi connectivity index (χ4v) is 5.79. The number of piperidine rings is 2. The third-order valence-corrected chi connectivity index (χ3v) is 8.25. The van der Waals surface area contributed by atoms with Gasteiger partial charge < -0.3 is 9.84 Å². The van der Waals surface area contributed by atoms with Crippen molar-refractivity contribution in [3.8, 4) is 11.4 Å². The van der Waals surface area contributed by atoms with Crippen molar-refractivity contribution in [2.75, 3.05) is 26.2 Å². The first kappa shape index (κ1) is 27.1. The summed E-state index contributed by atoms with van der Waals surface area (Å²) in [6.07, 6.45) is 4.18. The lowest BCUT2D eigenvalue weighted by atomic mass is 9.95. The van der Waals surface area contributed by atoms with Gasteiger partial charge in [0.05, 0.1) is 11.6 Å². The largest absolute Gasteiger partial charge is 0.352 e. The number of hydrogen-bond acceptors (Lipinski definition) is 6. The molecule has 0 aliphatic carbocycles. The molecule has 0 atom stereocenters. The average Bonchev–Trinajstić information content (AvgIpc) is 3.37. The molecule has 2 aliphatic heterocycles. The Morgan fingerprint density at radius 1 is 0.974 bits per heavy atom. The maximum atomic E-state index is 12.9. The van der Waals surface area contributed by atoms with E-state index in [1.165, 1.54) is 31.5 Å². The van der Waals surface area contributed by atoms with E-state index in [-0.39, 0.29) is 11.8 Å². The van der Waals surface area contributed by atoms with Crippen LogP contribution in [0.3, 0.4) is 0 Å². The Morgan fingerprint density at radius 3 is 2.45 bits per heavy atom. The molecule has 5 rings (SSSR count). The number of benzene rings is 2. The second kappa shape index (κ2) is 12.6. The Balaban J connectivity index is 1.06. The third-order valence-electron chi connectivity index (χ3n) is 7.70. The highest BCUT2D eigenvalue weighted by molar-refractivity contribution is 6.36. The molecule has 2 aliphatic rings. The van der Waals surface area contributed by atoms with Crippen molar-refractivity contribution in [3.05, 3.63) is 69.5 Å². The van der Waals surface area contributed by atoms with Gasteiger partial charge in [-0.1, -0.05) is 59.5 Å². The lowest BCUT2D eigenvalue weighted by Gasteiger charge is -2.30. The molecule has 2 aromatic carbocycles. The number of carbonyl (C=O) groups is 1. The summed E-state index contributed by atoms with van der Waals surface area (Å²) < 4.78 is 5.45. The van der Waals surface area contributed by atoms with E-state index in [9.17, 15) is 4.79 Å². The molecule has 3 aromatic rings. The summed E-state index contributed by atoms with van der Waals surface area (Å²) in [6, 6.07) is 13.8. The fourth-order valence-electron chi connectivity index (χ4n) is 5.29. The first-order chi connectivity index (χ1) is 18.4. The van der Waals surface area contributed by atoms with Gasteiger partial charge in [-0.3, -0.25) is 14.6 Å². The van der Waals surface area contributed by atoms with Crippen molar-refractivity contribution in [2.45, 2.75) is 52.2 Å². The zero-order valence-electron chi connectivity index (χ0n) is 21.8. The number of likely N-dealkylation sites (tertiary alicyclic amines) is 2. The molecule has 7 nitrogen and oxygen atoms in total. The van der Waals surface area contributed by atoms with E-state index in [4.69, 9.17) is 27.7 Å². The predicted molar refractivity (Wildman–Crippen MR) is 150 cm³/mol. The van der Waals surface area contributed by atoms with Gasteiger partial charge in [-0.05, 0) is 87.1 Å². The summed E-state index contributed by atoms with van der Waals surface area (Å²) in [4.78, 5) is 22.2. The maximum absolute atomic E-state index is 12.9. The van der Waals surface area contributed by atoms with E-state index in [1.54, 1.807) is 18.2 Å². The number of hydrogen-bond donors (Lipinski definition) is 1. The average molecular weight is 557 g/mol. The zero-order chi connectivity index (χ0) is 26.5. The highest BCUT2D eigenvalue weighted by Crippen LogP contribution is 2.29. The van der Waals surface area contributed by atoms with Crippen LogP contribution in [0.1, 0.15) is 49.6 Å². The molecule has 1 N–H and O–H groups in total. The lowest BCUT2D eigenvalue weighted by Crippen LogP contribution is -2.40. The quantitative estimate of drug-likeness (QED) is 0.378. The van der Waals surface area contributed by atoms with Crippen LogP contribution in [0.4, 0.5) is 0 Å². The molecule has 0 radical (unpaired) electrons. The summed E-state index contributed by atoms with van der Waals surface area (Å²) in [5.74, 6) is 1.98. The van der Waals surface area contributed by atoms with Gasteiger partial charge in [-0.15, -0.1) is 0 Å². The van der Waals surface area contributed by atoms with Gasteiger partial charge in [0.2, 0.25) is 17.6 Å². The van der Waals surface area contributed by atoms with Crippen LogP contribution in [0.25, 0.3) is 11.4 Å². The van der Waals surface area contributed by atoms with Crippen molar-refractivity contribution in [3.63, 3.8) is 0 Å². The Morgan fingerprint density at radius 2 is 1.68 bits per heavy atom. The summed E-state index contributed by atoms with van der Waals surface area (Å²) >= 11 is 12.3. The monoisotopic (exact) mass is 555 g/mol. The van der Waals surface area contributed by atoms with Gasteiger partial charge in [0.1, 0.15) is 0 Å². The van der Waals surface area contributed by atoms with Crippen LogP contribution in [0.15, 0.2) is 47.0 Å². The summed E-state index contributed by atoms with van der Waals surface area (Å²) in [5, 5.41) is 8.29. The van der Waals surface area contributed by atoms with Crippen LogP contribution in [0.2, 0.25) is 10.0 Å². The van der Waals surface area contributed by atoms with Crippen LogP contribution < -0.4 is 5.32 Å². The molecular formula is C29H35Cl2N5O2. The van der Waals surface area contributed by atoms with Crippen LogP contribution in [-0.4, -0.2) is 52.0 Å². The van der Waals surface area contributed by atoms with Crippen LogP contribution >= 0.6 is 23.2 Å². The summed E-state index contributed by atoms with van der Waals surface area (Å²) in [6.45, 7) is 8.41. The van der Waals surface area contributed by atoms with E-state index in [0.717, 1.165) is 44.0 Å². The smallest absolute Gasteiger partial charge is 0.241 e. The van der Waals surface area contributed by atoms with Gasteiger partial charge in [-0.25, -0.2) is 0 Å². The highest BCUT2D eigenvalue weighted by atomic mass is 35.5. The number of nitrogens with zero attached hydrogens (tertiary/aromatic N) is 4. The van der Waals surface area contributed by atoms with E-state index < -0.39 is 0 Å². The molecule has 2 fully saturated rings. The van der Waals surface area contributed by atoms with Crippen molar-refractivity contribution in [1.29, 1.82) is 0 Å².